The fourth-order valence-electron chi connectivity index (χ4n) is 3.82. The van der Waals surface area contributed by atoms with Gasteiger partial charge in [0.25, 0.3) is 0 Å². The standard InChI is InChI=1S/C22H28FN7/c1-16-10-25-21(27-18-5-8-24-19(9-18)13-29(2)3)28-20(16)17-11-26-30(12-17)15-22(14-23)6-4-7-22/h5,8-12H,4,6-7,13-15H2,1-3H3,(H,24,25,27,28). The molecule has 0 spiro atoms. The number of aromatic nitrogens is 5. The molecule has 158 valence electrons. The molecular weight excluding hydrogens is 381 g/mol. The van der Waals surface area contributed by atoms with Crippen molar-refractivity contribution < 1.29 is 4.39 Å². The topological polar surface area (TPSA) is 71.8 Å². The molecule has 0 unspecified atom stereocenters. The van der Waals surface area contributed by atoms with Crippen molar-refractivity contribution in [3.63, 3.8) is 0 Å². The van der Waals surface area contributed by atoms with Gasteiger partial charge in [-0.3, -0.25) is 14.1 Å². The maximum Gasteiger partial charge on any atom is 0.227 e. The third-order valence-electron chi connectivity index (χ3n) is 5.62. The summed E-state index contributed by atoms with van der Waals surface area (Å²) in [5.74, 6) is 0.518. The summed E-state index contributed by atoms with van der Waals surface area (Å²) in [5.41, 5.74) is 4.33. The number of aryl methyl sites for hydroxylation is 1. The lowest BCUT2D eigenvalue weighted by molar-refractivity contribution is 0.0648. The van der Waals surface area contributed by atoms with Gasteiger partial charge in [0.1, 0.15) is 0 Å². The number of halogens is 1. The summed E-state index contributed by atoms with van der Waals surface area (Å²) in [6.45, 7) is 3.07. The fraction of sp³-hybridized carbons (Fsp3) is 0.455. The number of rotatable bonds is 8. The first-order valence-corrected chi connectivity index (χ1v) is 10.3. The molecule has 1 saturated carbocycles. The van der Waals surface area contributed by atoms with Gasteiger partial charge in [-0.05, 0) is 51.6 Å². The number of nitrogens with one attached hydrogen (secondary N) is 1. The van der Waals surface area contributed by atoms with Crippen LogP contribution < -0.4 is 5.32 Å². The zero-order valence-electron chi connectivity index (χ0n) is 17.8. The van der Waals surface area contributed by atoms with E-state index in [1.807, 2.05) is 44.0 Å². The van der Waals surface area contributed by atoms with Gasteiger partial charge in [0.15, 0.2) is 0 Å². The Morgan fingerprint density at radius 3 is 2.77 bits per heavy atom. The predicted octanol–water partition coefficient (Wildman–Crippen LogP) is 3.99. The molecule has 1 fully saturated rings. The minimum absolute atomic E-state index is 0.234. The molecule has 0 bridgehead atoms. The lowest BCUT2D eigenvalue weighted by Crippen LogP contribution is -2.36. The van der Waals surface area contributed by atoms with Crippen LogP contribution in [0, 0.1) is 12.3 Å². The first-order chi connectivity index (χ1) is 14.5. The third-order valence-corrected chi connectivity index (χ3v) is 5.62. The van der Waals surface area contributed by atoms with Gasteiger partial charge in [0.05, 0.1) is 24.3 Å². The Labute approximate surface area is 176 Å². The molecule has 1 aliphatic carbocycles. The maximum absolute atomic E-state index is 13.5. The highest BCUT2D eigenvalue weighted by Crippen LogP contribution is 2.42. The number of nitrogens with zero attached hydrogens (tertiary/aromatic N) is 6. The average Bonchev–Trinajstić information content (AvgIpc) is 3.14. The highest BCUT2D eigenvalue weighted by Gasteiger charge is 2.37. The number of alkyl halides is 1. The molecule has 0 radical (unpaired) electrons. The molecule has 0 aromatic carbocycles. The van der Waals surface area contributed by atoms with Crippen LogP contribution in [0.25, 0.3) is 11.3 Å². The van der Waals surface area contributed by atoms with Crippen LogP contribution in [0.3, 0.4) is 0 Å². The Bertz CT molecular complexity index is 1000. The van der Waals surface area contributed by atoms with E-state index in [2.05, 4.69) is 25.3 Å². The summed E-state index contributed by atoms with van der Waals surface area (Å²) in [6.07, 6.45) is 10.3. The fourth-order valence-corrected chi connectivity index (χ4v) is 3.82. The van der Waals surface area contributed by atoms with Crippen molar-refractivity contribution in [1.82, 2.24) is 29.6 Å². The molecule has 4 rings (SSSR count). The van der Waals surface area contributed by atoms with E-state index in [1.165, 1.54) is 0 Å². The van der Waals surface area contributed by atoms with E-state index in [4.69, 9.17) is 4.98 Å². The normalized spacial score (nSPS) is 15.2. The second-order valence-corrected chi connectivity index (χ2v) is 8.54. The number of hydrogen-bond acceptors (Lipinski definition) is 6. The summed E-state index contributed by atoms with van der Waals surface area (Å²) in [6, 6.07) is 3.89. The van der Waals surface area contributed by atoms with E-state index in [0.29, 0.717) is 12.5 Å². The number of hydrogen-bond donors (Lipinski definition) is 1. The van der Waals surface area contributed by atoms with Gasteiger partial charge in [-0.15, -0.1) is 0 Å². The van der Waals surface area contributed by atoms with E-state index in [1.54, 1.807) is 18.6 Å². The molecule has 0 amide bonds. The molecule has 30 heavy (non-hydrogen) atoms. The van der Waals surface area contributed by atoms with E-state index in [9.17, 15) is 4.39 Å². The van der Waals surface area contributed by atoms with Crippen molar-refractivity contribution in [1.29, 1.82) is 0 Å². The molecule has 3 aromatic heterocycles. The van der Waals surface area contributed by atoms with Crippen LogP contribution in [-0.2, 0) is 13.1 Å². The molecule has 0 atom stereocenters. The maximum atomic E-state index is 13.5. The molecule has 1 aliphatic rings. The molecule has 8 heteroatoms. The zero-order valence-corrected chi connectivity index (χ0v) is 17.8. The first-order valence-electron chi connectivity index (χ1n) is 10.3. The van der Waals surface area contributed by atoms with Crippen LogP contribution in [0.15, 0.2) is 36.9 Å². The van der Waals surface area contributed by atoms with E-state index in [-0.39, 0.29) is 12.1 Å². The first kappa shape index (κ1) is 20.4. The van der Waals surface area contributed by atoms with Gasteiger partial charge in [0.2, 0.25) is 5.95 Å². The third kappa shape index (κ3) is 4.48. The zero-order chi connectivity index (χ0) is 21.1. The SMILES string of the molecule is Cc1cnc(Nc2ccnc(CN(C)C)c2)nc1-c1cnn(CC2(CF)CCC2)c1. The quantitative estimate of drug-likeness (QED) is 0.607. The van der Waals surface area contributed by atoms with Crippen LogP contribution >= 0.6 is 0 Å². The Morgan fingerprint density at radius 2 is 2.07 bits per heavy atom. The molecule has 3 heterocycles. The minimum atomic E-state index is -0.287. The van der Waals surface area contributed by atoms with Crippen LogP contribution in [0.2, 0.25) is 0 Å². The predicted molar refractivity (Wildman–Crippen MR) is 115 cm³/mol. The van der Waals surface area contributed by atoms with Crippen molar-refractivity contribution in [2.45, 2.75) is 39.3 Å². The Kier molecular flexibility index (Phi) is 5.76. The van der Waals surface area contributed by atoms with E-state index < -0.39 is 0 Å². The van der Waals surface area contributed by atoms with E-state index in [0.717, 1.165) is 54.0 Å². The Balaban J connectivity index is 1.53. The summed E-state index contributed by atoms with van der Waals surface area (Å²) < 4.78 is 15.3. The van der Waals surface area contributed by atoms with Gasteiger partial charge < -0.3 is 10.2 Å². The monoisotopic (exact) mass is 409 g/mol. The average molecular weight is 410 g/mol. The number of anilines is 2. The van der Waals surface area contributed by atoms with Crippen molar-refractivity contribution in [3.05, 3.63) is 48.2 Å². The van der Waals surface area contributed by atoms with Gasteiger partial charge >= 0.3 is 0 Å². The molecule has 7 nitrogen and oxygen atoms in total. The highest BCUT2D eigenvalue weighted by molar-refractivity contribution is 5.63. The van der Waals surface area contributed by atoms with Crippen molar-refractivity contribution >= 4 is 11.6 Å². The van der Waals surface area contributed by atoms with Crippen LogP contribution in [-0.4, -0.2) is 50.4 Å². The summed E-state index contributed by atoms with van der Waals surface area (Å²) in [7, 11) is 4.02. The van der Waals surface area contributed by atoms with Gasteiger partial charge in [-0.25, -0.2) is 9.97 Å². The van der Waals surface area contributed by atoms with E-state index >= 15 is 0 Å². The lowest BCUT2D eigenvalue weighted by Gasteiger charge is -2.39. The molecular formula is C22H28FN7. The molecule has 3 aromatic rings. The molecule has 1 N–H and O–H groups in total. The highest BCUT2D eigenvalue weighted by atomic mass is 19.1. The van der Waals surface area contributed by atoms with Crippen molar-refractivity contribution in [2.24, 2.45) is 5.41 Å². The van der Waals surface area contributed by atoms with Crippen molar-refractivity contribution in [3.8, 4) is 11.3 Å². The van der Waals surface area contributed by atoms with Crippen LogP contribution in [0.4, 0.5) is 16.0 Å². The largest absolute Gasteiger partial charge is 0.324 e. The second kappa shape index (κ2) is 8.47. The number of pyridine rings is 1. The van der Waals surface area contributed by atoms with Gasteiger partial charge in [-0.1, -0.05) is 6.42 Å². The summed E-state index contributed by atoms with van der Waals surface area (Å²) in [5, 5.41) is 7.73. The minimum Gasteiger partial charge on any atom is -0.324 e. The second-order valence-electron chi connectivity index (χ2n) is 8.54. The van der Waals surface area contributed by atoms with Crippen molar-refractivity contribution in [2.75, 3.05) is 26.1 Å². The van der Waals surface area contributed by atoms with Gasteiger partial charge in [0, 0.05) is 48.3 Å². The van der Waals surface area contributed by atoms with Gasteiger partial charge in [-0.2, -0.15) is 5.10 Å². The Hall–Kier alpha value is -2.87. The van der Waals surface area contributed by atoms with Crippen LogP contribution in [0.5, 0.6) is 0 Å². The summed E-state index contributed by atoms with van der Waals surface area (Å²) in [4.78, 5) is 15.6. The van der Waals surface area contributed by atoms with Crippen LogP contribution in [0.1, 0.15) is 30.5 Å². The molecule has 0 aliphatic heterocycles. The Morgan fingerprint density at radius 1 is 1.23 bits per heavy atom. The smallest absolute Gasteiger partial charge is 0.227 e. The molecule has 0 saturated heterocycles. The summed E-state index contributed by atoms with van der Waals surface area (Å²) >= 11 is 0. The lowest BCUT2D eigenvalue weighted by atomic mass is 9.70.